The van der Waals surface area contributed by atoms with Gasteiger partial charge in [-0.25, -0.2) is 0 Å². The molecule has 0 aliphatic carbocycles. The van der Waals surface area contributed by atoms with E-state index < -0.39 is 18.6 Å². The Morgan fingerprint density at radius 1 is 1.48 bits per heavy atom. The van der Waals surface area contributed by atoms with Gasteiger partial charge >= 0.3 is 6.18 Å². The molecule has 0 radical (unpaired) electrons. The van der Waals surface area contributed by atoms with E-state index in [0.29, 0.717) is 39.3 Å². The van der Waals surface area contributed by atoms with Crippen LogP contribution in [-0.4, -0.2) is 69.1 Å². The van der Waals surface area contributed by atoms with Crippen molar-refractivity contribution in [1.29, 1.82) is 0 Å². The largest absolute Gasteiger partial charge is 0.406 e. The maximum Gasteiger partial charge on any atom is 0.406 e. The van der Waals surface area contributed by atoms with Crippen molar-refractivity contribution in [3.8, 4) is 0 Å². The first kappa shape index (κ1) is 18.2. The smallest absolute Gasteiger partial charge is 0.382 e. The molecule has 1 saturated heterocycles. The van der Waals surface area contributed by atoms with E-state index in [9.17, 15) is 18.0 Å². The number of carbonyl (C=O) groups excluding carboxylic acids is 1. The SMILES string of the molecule is CCOCCCN(CC(F)(F)F)C(=O)CC1CNCCO1. The number of ether oxygens (including phenoxy) is 2. The van der Waals surface area contributed by atoms with Gasteiger partial charge in [-0.05, 0) is 13.3 Å². The van der Waals surface area contributed by atoms with E-state index in [-0.39, 0.29) is 19.1 Å². The van der Waals surface area contributed by atoms with Crippen LogP contribution in [0.2, 0.25) is 0 Å². The summed E-state index contributed by atoms with van der Waals surface area (Å²) in [5.41, 5.74) is 0. The molecule has 0 aromatic carbocycles. The molecule has 1 rings (SSSR count). The lowest BCUT2D eigenvalue weighted by atomic mass is 10.2. The van der Waals surface area contributed by atoms with Crippen molar-refractivity contribution in [1.82, 2.24) is 10.2 Å². The number of hydrogen-bond donors (Lipinski definition) is 1. The van der Waals surface area contributed by atoms with Crippen molar-refractivity contribution in [2.75, 3.05) is 46.0 Å². The van der Waals surface area contributed by atoms with Crippen LogP contribution >= 0.6 is 0 Å². The summed E-state index contributed by atoms with van der Waals surface area (Å²) >= 11 is 0. The number of halogens is 3. The molecule has 0 aromatic rings. The van der Waals surface area contributed by atoms with Crippen LogP contribution in [0.3, 0.4) is 0 Å². The average Bonchev–Trinajstić information content (AvgIpc) is 2.42. The van der Waals surface area contributed by atoms with Crippen LogP contribution in [0.5, 0.6) is 0 Å². The van der Waals surface area contributed by atoms with E-state index >= 15 is 0 Å². The molecular formula is C13H23F3N2O3. The molecule has 1 unspecified atom stereocenters. The molecule has 0 bridgehead atoms. The minimum Gasteiger partial charge on any atom is -0.382 e. The van der Waals surface area contributed by atoms with Crippen molar-refractivity contribution in [2.45, 2.75) is 32.0 Å². The highest BCUT2D eigenvalue weighted by Crippen LogP contribution is 2.18. The molecule has 1 heterocycles. The second-order valence-electron chi connectivity index (χ2n) is 4.88. The van der Waals surface area contributed by atoms with Crippen molar-refractivity contribution < 1.29 is 27.4 Å². The monoisotopic (exact) mass is 312 g/mol. The summed E-state index contributed by atoms with van der Waals surface area (Å²) in [7, 11) is 0. The molecule has 0 saturated carbocycles. The van der Waals surface area contributed by atoms with Gasteiger partial charge in [-0.15, -0.1) is 0 Å². The van der Waals surface area contributed by atoms with Gasteiger partial charge in [0.1, 0.15) is 6.54 Å². The molecule has 1 aliphatic heterocycles. The van der Waals surface area contributed by atoms with Crippen LogP contribution in [0.1, 0.15) is 19.8 Å². The van der Waals surface area contributed by atoms with Gasteiger partial charge in [0.25, 0.3) is 0 Å². The fourth-order valence-corrected chi connectivity index (χ4v) is 2.08. The highest BCUT2D eigenvalue weighted by Gasteiger charge is 2.33. The minimum atomic E-state index is -4.40. The number of morpholine rings is 1. The standard InChI is InChI=1S/C13H23F3N2O3/c1-2-20-6-3-5-18(10-13(14,15)16)12(19)8-11-9-17-4-7-21-11/h11,17H,2-10H2,1H3. The van der Waals surface area contributed by atoms with Gasteiger partial charge in [0, 0.05) is 32.8 Å². The molecule has 0 aromatic heterocycles. The number of carbonyl (C=O) groups is 1. The Balaban J connectivity index is 2.46. The Labute approximate surface area is 122 Å². The molecule has 8 heteroatoms. The molecule has 124 valence electrons. The Kier molecular flexibility index (Phi) is 7.98. The number of nitrogens with one attached hydrogen (secondary N) is 1. The minimum absolute atomic E-state index is 0.0300. The summed E-state index contributed by atoms with van der Waals surface area (Å²) in [6.45, 7) is 3.15. The zero-order valence-electron chi connectivity index (χ0n) is 12.2. The summed E-state index contributed by atoms with van der Waals surface area (Å²) < 4.78 is 48.1. The fourth-order valence-electron chi connectivity index (χ4n) is 2.08. The lowest BCUT2D eigenvalue weighted by Crippen LogP contribution is -2.45. The van der Waals surface area contributed by atoms with Crippen LogP contribution in [0, 0.1) is 0 Å². The second-order valence-corrected chi connectivity index (χ2v) is 4.88. The Hall–Kier alpha value is -0.860. The maximum absolute atomic E-state index is 12.6. The lowest BCUT2D eigenvalue weighted by Gasteiger charge is -2.28. The zero-order valence-corrected chi connectivity index (χ0v) is 12.2. The number of amides is 1. The molecular weight excluding hydrogens is 289 g/mol. The van der Waals surface area contributed by atoms with E-state index in [0.717, 1.165) is 4.90 Å². The van der Waals surface area contributed by atoms with Gasteiger partial charge in [-0.2, -0.15) is 13.2 Å². The third-order valence-electron chi connectivity index (χ3n) is 3.05. The first-order valence-corrected chi connectivity index (χ1v) is 7.17. The van der Waals surface area contributed by atoms with E-state index in [2.05, 4.69) is 5.32 Å². The zero-order chi connectivity index (χ0) is 15.7. The molecule has 21 heavy (non-hydrogen) atoms. The van der Waals surface area contributed by atoms with Crippen molar-refractivity contribution in [3.05, 3.63) is 0 Å². The molecule has 5 nitrogen and oxygen atoms in total. The summed E-state index contributed by atoms with van der Waals surface area (Å²) in [5.74, 6) is -0.530. The normalized spacial score (nSPS) is 19.5. The van der Waals surface area contributed by atoms with Crippen molar-refractivity contribution in [2.24, 2.45) is 0 Å². The molecule has 1 N–H and O–H groups in total. The fraction of sp³-hybridized carbons (Fsp3) is 0.923. The predicted molar refractivity (Wildman–Crippen MR) is 71.0 cm³/mol. The number of hydrogen-bond acceptors (Lipinski definition) is 4. The average molecular weight is 312 g/mol. The number of nitrogens with zero attached hydrogens (tertiary/aromatic N) is 1. The highest BCUT2D eigenvalue weighted by molar-refractivity contribution is 5.76. The third-order valence-corrected chi connectivity index (χ3v) is 3.05. The van der Waals surface area contributed by atoms with Gasteiger partial charge in [-0.3, -0.25) is 4.79 Å². The van der Waals surface area contributed by atoms with E-state index in [1.54, 1.807) is 0 Å². The Morgan fingerprint density at radius 3 is 2.81 bits per heavy atom. The summed E-state index contributed by atoms with van der Waals surface area (Å²) in [4.78, 5) is 12.9. The van der Waals surface area contributed by atoms with Crippen LogP contribution in [0.15, 0.2) is 0 Å². The lowest BCUT2D eigenvalue weighted by molar-refractivity contribution is -0.163. The highest BCUT2D eigenvalue weighted by atomic mass is 19.4. The summed E-state index contributed by atoms with van der Waals surface area (Å²) in [6, 6.07) is 0. The molecule has 0 spiro atoms. The van der Waals surface area contributed by atoms with E-state index in [4.69, 9.17) is 9.47 Å². The Bertz CT molecular complexity index is 308. The molecule has 1 aliphatic rings. The van der Waals surface area contributed by atoms with Crippen LogP contribution in [0.4, 0.5) is 13.2 Å². The van der Waals surface area contributed by atoms with Crippen molar-refractivity contribution in [3.63, 3.8) is 0 Å². The van der Waals surface area contributed by atoms with Gasteiger partial charge in [0.2, 0.25) is 5.91 Å². The first-order valence-electron chi connectivity index (χ1n) is 7.17. The predicted octanol–water partition coefficient (Wildman–Crippen LogP) is 1.18. The quantitative estimate of drug-likeness (QED) is 0.684. The van der Waals surface area contributed by atoms with Gasteiger partial charge < -0.3 is 19.7 Å². The second kappa shape index (κ2) is 9.22. The molecule has 1 amide bonds. The summed E-state index contributed by atoms with van der Waals surface area (Å²) in [6.07, 6.45) is -4.39. The van der Waals surface area contributed by atoms with Gasteiger partial charge in [0.15, 0.2) is 0 Å². The van der Waals surface area contributed by atoms with Gasteiger partial charge in [-0.1, -0.05) is 0 Å². The first-order chi connectivity index (χ1) is 9.92. The van der Waals surface area contributed by atoms with Crippen molar-refractivity contribution >= 4 is 5.91 Å². The van der Waals surface area contributed by atoms with Crippen LogP contribution in [0.25, 0.3) is 0 Å². The van der Waals surface area contributed by atoms with Crippen LogP contribution in [-0.2, 0) is 14.3 Å². The Morgan fingerprint density at radius 2 is 2.24 bits per heavy atom. The number of rotatable bonds is 8. The van der Waals surface area contributed by atoms with E-state index in [1.165, 1.54) is 0 Å². The molecule has 1 atom stereocenters. The summed E-state index contributed by atoms with van der Waals surface area (Å²) in [5, 5.41) is 3.05. The third kappa shape index (κ3) is 8.23. The molecule has 1 fully saturated rings. The number of alkyl halides is 3. The van der Waals surface area contributed by atoms with Crippen LogP contribution < -0.4 is 5.32 Å². The topological polar surface area (TPSA) is 50.8 Å². The van der Waals surface area contributed by atoms with Gasteiger partial charge in [0.05, 0.1) is 19.1 Å². The maximum atomic E-state index is 12.6. The van der Waals surface area contributed by atoms with E-state index in [1.807, 2.05) is 6.92 Å².